The molecule has 0 aromatic rings. The Bertz CT molecular complexity index is 219. The van der Waals surface area contributed by atoms with Crippen LogP contribution in [0.4, 0.5) is 0 Å². The lowest BCUT2D eigenvalue weighted by Gasteiger charge is -2.39. The molecule has 0 aliphatic heterocycles. The van der Waals surface area contributed by atoms with E-state index in [2.05, 4.69) is 11.9 Å². The molecule has 82 valence electrons. The van der Waals surface area contributed by atoms with Gasteiger partial charge in [0.15, 0.2) is 0 Å². The number of nitrogens with one attached hydrogen (secondary N) is 1. The molecule has 0 spiro atoms. The molecule has 0 saturated heterocycles. The Hall–Kier alpha value is -0.830. The van der Waals surface area contributed by atoms with E-state index < -0.39 is 16.9 Å². The van der Waals surface area contributed by atoms with Gasteiger partial charge in [-0.1, -0.05) is 6.08 Å². The largest absolute Gasteiger partial charge is 0.481 e. The van der Waals surface area contributed by atoms with Gasteiger partial charge in [-0.2, -0.15) is 0 Å². The molecule has 14 heavy (non-hydrogen) atoms. The minimum Gasteiger partial charge on any atom is -0.481 e. The molecular weight excluding hydrogens is 178 g/mol. The second kappa shape index (κ2) is 4.60. The first kappa shape index (κ1) is 13.2. The molecule has 0 amide bonds. The molecule has 0 rings (SSSR count). The Labute approximate surface area is 86.2 Å². The Balaban J connectivity index is 4.43. The summed E-state index contributed by atoms with van der Waals surface area (Å²) in [5, 5.41) is 12.3. The van der Waals surface area contributed by atoms with Crippen molar-refractivity contribution < 1.29 is 9.90 Å². The molecule has 0 radical (unpaired) electrons. The molecule has 2 N–H and O–H groups in total. The number of rotatable bonds is 6. The van der Waals surface area contributed by atoms with Crippen molar-refractivity contribution in [2.24, 2.45) is 5.41 Å². The first-order valence-electron chi connectivity index (χ1n) is 4.85. The van der Waals surface area contributed by atoms with Crippen LogP contribution in [-0.4, -0.2) is 23.2 Å². The molecule has 0 aromatic carbocycles. The summed E-state index contributed by atoms with van der Waals surface area (Å²) in [5.41, 5.74) is -1.21. The van der Waals surface area contributed by atoms with Crippen molar-refractivity contribution in [3.8, 4) is 0 Å². The highest BCUT2D eigenvalue weighted by molar-refractivity contribution is 5.75. The fourth-order valence-electron chi connectivity index (χ4n) is 0.975. The normalized spacial score (nSPS) is 12.6. The lowest BCUT2D eigenvalue weighted by atomic mass is 9.74. The topological polar surface area (TPSA) is 49.3 Å². The van der Waals surface area contributed by atoms with Crippen LogP contribution >= 0.6 is 0 Å². The summed E-state index contributed by atoms with van der Waals surface area (Å²) < 4.78 is 0. The smallest absolute Gasteiger partial charge is 0.310 e. The van der Waals surface area contributed by atoms with E-state index in [0.717, 1.165) is 13.0 Å². The van der Waals surface area contributed by atoms with Crippen LogP contribution in [0.5, 0.6) is 0 Å². The van der Waals surface area contributed by atoms with Crippen molar-refractivity contribution in [1.29, 1.82) is 0 Å². The van der Waals surface area contributed by atoms with Gasteiger partial charge in [0.25, 0.3) is 0 Å². The van der Waals surface area contributed by atoms with Gasteiger partial charge in [-0.15, -0.1) is 6.58 Å². The summed E-state index contributed by atoms with van der Waals surface area (Å²) in [5.74, 6) is -0.784. The van der Waals surface area contributed by atoms with Gasteiger partial charge in [-0.05, 0) is 40.7 Å². The molecule has 0 aromatic heterocycles. The Kier molecular flexibility index (Phi) is 4.33. The van der Waals surface area contributed by atoms with Crippen molar-refractivity contribution in [1.82, 2.24) is 5.32 Å². The second-order valence-corrected chi connectivity index (χ2v) is 4.56. The minimum atomic E-state index is -0.784. The van der Waals surface area contributed by atoms with Gasteiger partial charge in [0.05, 0.1) is 5.41 Å². The first-order valence-corrected chi connectivity index (χ1v) is 4.85. The van der Waals surface area contributed by atoms with Crippen LogP contribution in [0.25, 0.3) is 0 Å². The van der Waals surface area contributed by atoms with Gasteiger partial charge in [0.1, 0.15) is 0 Å². The Morgan fingerprint density at radius 3 is 2.29 bits per heavy atom. The van der Waals surface area contributed by atoms with E-state index in [4.69, 9.17) is 5.11 Å². The number of carbonyl (C=O) groups is 1. The van der Waals surface area contributed by atoms with Crippen molar-refractivity contribution >= 4 is 5.97 Å². The zero-order chi connectivity index (χ0) is 11.4. The lowest BCUT2D eigenvalue weighted by Crippen LogP contribution is -2.55. The molecule has 0 aliphatic rings. The summed E-state index contributed by atoms with van der Waals surface area (Å²) >= 11 is 0. The van der Waals surface area contributed by atoms with Crippen LogP contribution in [0.3, 0.4) is 0 Å². The zero-order valence-electron chi connectivity index (χ0n) is 9.55. The maximum absolute atomic E-state index is 11.0. The fourth-order valence-corrected chi connectivity index (χ4v) is 0.975. The van der Waals surface area contributed by atoms with E-state index in [1.54, 1.807) is 13.8 Å². The van der Waals surface area contributed by atoms with Gasteiger partial charge in [0.2, 0.25) is 0 Å². The SMILES string of the molecule is C=CCCNC(C)(C)C(C)(C)C(=O)O. The van der Waals surface area contributed by atoms with Gasteiger partial charge in [0, 0.05) is 5.54 Å². The molecule has 0 heterocycles. The predicted octanol–water partition coefficient (Wildman–Crippen LogP) is 2.04. The molecule has 0 aliphatic carbocycles. The first-order chi connectivity index (χ1) is 6.25. The standard InChI is InChI=1S/C11H21NO2/c1-6-7-8-12-11(4,5)10(2,3)9(13)14/h6,12H,1,7-8H2,2-5H3,(H,13,14). The number of aliphatic carboxylic acids is 1. The summed E-state index contributed by atoms with van der Waals surface area (Å²) in [4.78, 5) is 11.0. The minimum absolute atomic E-state index is 0.429. The third kappa shape index (κ3) is 2.84. The van der Waals surface area contributed by atoms with Crippen LogP contribution in [0.15, 0.2) is 12.7 Å². The highest BCUT2D eigenvalue weighted by Gasteiger charge is 2.42. The molecule has 0 unspecified atom stereocenters. The highest BCUT2D eigenvalue weighted by Crippen LogP contribution is 2.30. The van der Waals surface area contributed by atoms with E-state index in [-0.39, 0.29) is 0 Å². The van der Waals surface area contributed by atoms with E-state index in [1.807, 2.05) is 19.9 Å². The van der Waals surface area contributed by atoms with E-state index in [1.165, 1.54) is 0 Å². The second-order valence-electron chi connectivity index (χ2n) is 4.56. The van der Waals surface area contributed by atoms with Gasteiger partial charge >= 0.3 is 5.97 Å². The summed E-state index contributed by atoms with van der Waals surface area (Å²) in [7, 11) is 0. The summed E-state index contributed by atoms with van der Waals surface area (Å²) in [6.07, 6.45) is 2.66. The van der Waals surface area contributed by atoms with E-state index in [0.29, 0.717) is 0 Å². The Morgan fingerprint density at radius 2 is 1.93 bits per heavy atom. The van der Waals surface area contributed by atoms with Crippen LogP contribution < -0.4 is 5.32 Å². The quantitative estimate of drug-likeness (QED) is 0.508. The predicted molar refractivity (Wildman–Crippen MR) is 58.3 cm³/mol. The molecule has 3 heteroatoms. The highest BCUT2D eigenvalue weighted by atomic mass is 16.4. The maximum atomic E-state index is 11.0. The van der Waals surface area contributed by atoms with Gasteiger partial charge < -0.3 is 10.4 Å². The summed E-state index contributed by atoms with van der Waals surface area (Å²) in [6, 6.07) is 0. The van der Waals surface area contributed by atoms with Crippen LogP contribution in [0.2, 0.25) is 0 Å². The lowest BCUT2D eigenvalue weighted by molar-refractivity contribution is -0.151. The van der Waals surface area contributed by atoms with Crippen LogP contribution in [0.1, 0.15) is 34.1 Å². The number of hydrogen-bond acceptors (Lipinski definition) is 2. The number of carboxylic acids is 1. The Morgan fingerprint density at radius 1 is 1.43 bits per heavy atom. The number of hydrogen-bond donors (Lipinski definition) is 2. The van der Waals surface area contributed by atoms with Crippen LogP contribution in [-0.2, 0) is 4.79 Å². The molecule has 0 atom stereocenters. The maximum Gasteiger partial charge on any atom is 0.310 e. The molecule has 0 fully saturated rings. The van der Waals surface area contributed by atoms with Crippen LogP contribution in [0, 0.1) is 5.41 Å². The monoisotopic (exact) mass is 199 g/mol. The zero-order valence-corrected chi connectivity index (χ0v) is 9.55. The average Bonchev–Trinajstić information content (AvgIpc) is 2.04. The van der Waals surface area contributed by atoms with Crippen molar-refractivity contribution in [3.63, 3.8) is 0 Å². The van der Waals surface area contributed by atoms with Gasteiger partial charge in [-0.3, -0.25) is 4.79 Å². The third-order valence-corrected chi connectivity index (χ3v) is 3.01. The van der Waals surface area contributed by atoms with Crippen molar-refractivity contribution in [2.45, 2.75) is 39.7 Å². The number of carboxylic acid groups (broad SMARTS) is 1. The summed E-state index contributed by atoms with van der Waals surface area (Å²) in [6.45, 7) is 11.7. The molecule has 3 nitrogen and oxygen atoms in total. The third-order valence-electron chi connectivity index (χ3n) is 3.01. The van der Waals surface area contributed by atoms with E-state index >= 15 is 0 Å². The fraction of sp³-hybridized carbons (Fsp3) is 0.727. The van der Waals surface area contributed by atoms with Crippen molar-refractivity contribution in [2.75, 3.05) is 6.54 Å². The van der Waals surface area contributed by atoms with Gasteiger partial charge in [-0.25, -0.2) is 0 Å². The molecule has 0 bridgehead atoms. The van der Waals surface area contributed by atoms with E-state index in [9.17, 15) is 4.79 Å². The molecule has 0 saturated carbocycles. The molecular formula is C11H21NO2. The average molecular weight is 199 g/mol. The van der Waals surface area contributed by atoms with Crippen molar-refractivity contribution in [3.05, 3.63) is 12.7 Å².